The quantitative estimate of drug-likeness (QED) is 0.282. The molecule has 0 saturated carbocycles. The van der Waals surface area contributed by atoms with Gasteiger partial charge in [0.1, 0.15) is 11.5 Å². The van der Waals surface area contributed by atoms with Gasteiger partial charge < -0.3 is 9.47 Å². The van der Waals surface area contributed by atoms with Crippen molar-refractivity contribution >= 4 is 54.6 Å². The average molecular weight is 513 g/mol. The summed E-state index contributed by atoms with van der Waals surface area (Å²) in [6.07, 6.45) is 6.94. The molecule has 0 atom stereocenters. The Balaban J connectivity index is 1.56. The van der Waals surface area contributed by atoms with Crippen LogP contribution in [0, 0.1) is 22.5 Å². The number of rotatable bonds is 6. The second-order valence-corrected chi connectivity index (χ2v) is 11.0. The lowest BCUT2D eigenvalue weighted by Crippen LogP contribution is -2.40. The Kier molecular flexibility index (Phi) is 6.81. The number of thiazole rings is 1. The van der Waals surface area contributed by atoms with E-state index in [1.54, 1.807) is 12.1 Å². The Morgan fingerprint density at radius 3 is 2.71 bits per heavy atom. The van der Waals surface area contributed by atoms with Gasteiger partial charge in [0.25, 0.3) is 11.6 Å². The van der Waals surface area contributed by atoms with E-state index in [1.165, 1.54) is 27.7 Å². The number of hydrogen-bond donors (Lipinski definition) is 0. The van der Waals surface area contributed by atoms with Gasteiger partial charge in [0, 0.05) is 24.4 Å². The van der Waals surface area contributed by atoms with Gasteiger partial charge in [0.05, 0.1) is 21.7 Å². The number of benzene rings is 2. The molecule has 35 heavy (non-hydrogen) atoms. The van der Waals surface area contributed by atoms with E-state index in [0.29, 0.717) is 22.4 Å². The molecule has 0 fully saturated rings. The van der Waals surface area contributed by atoms with Gasteiger partial charge in [-0.05, 0) is 30.5 Å². The van der Waals surface area contributed by atoms with Crippen LogP contribution in [0.1, 0.15) is 12.0 Å². The molecule has 2 heterocycles. The van der Waals surface area contributed by atoms with Crippen molar-refractivity contribution in [2.75, 3.05) is 23.0 Å². The van der Waals surface area contributed by atoms with Crippen molar-refractivity contribution < 1.29 is 22.9 Å². The number of amides is 2. The average Bonchev–Trinajstić information content (AvgIpc) is 3.14. The number of hydrogen-bond acceptors (Lipinski definition) is 7. The summed E-state index contributed by atoms with van der Waals surface area (Å²) in [6.45, 7) is 0.438. The molecule has 0 bridgehead atoms. The van der Waals surface area contributed by atoms with Crippen LogP contribution in [0.5, 0.6) is 0 Å². The van der Waals surface area contributed by atoms with Gasteiger partial charge in [-0.25, -0.2) is 8.42 Å². The van der Waals surface area contributed by atoms with Gasteiger partial charge in [-0.1, -0.05) is 35.5 Å². The highest BCUT2D eigenvalue weighted by Crippen LogP contribution is 2.27. The standard InChI is InChI=1S/C23H20N4O6S2/c1-2-11-26-19-10-9-17(27(30)31)13-20(19)34-23(26)24-21(28)14-35(32,33)15-22(29)25-12-5-7-16-6-3-4-8-18(16)25/h1,3-4,6,8-10,13H,5,7,11-12,14-15H2. The smallest absolute Gasteiger partial charge is 0.270 e. The first-order valence-electron chi connectivity index (χ1n) is 10.6. The van der Waals surface area contributed by atoms with Crippen molar-refractivity contribution in [2.45, 2.75) is 19.4 Å². The fourth-order valence-corrected chi connectivity index (χ4v) is 6.10. The van der Waals surface area contributed by atoms with Crippen molar-refractivity contribution in [2.24, 2.45) is 4.99 Å². The summed E-state index contributed by atoms with van der Waals surface area (Å²) in [5.41, 5.74) is 2.06. The monoisotopic (exact) mass is 512 g/mol. The van der Waals surface area contributed by atoms with Crippen LogP contribution in [0.25, 0.3) is 10.2 Å². The number of fused-ring (bicyclic) bond motifs is 2. The summed E-state index contributed by atoms with van der Waals surface area (Å²) in [5, 5.41) is 11.1. The van der Waals surface area contributed by atoms with E-state index in [9.17, 15) is 28.1 Å². The lowest BCUT2D eigenvalue weighted by Gasteiger charge is -2.29. The van der Waals surface area contributed by atoms with E-state index in [1.807, 2.05) is 12.1 Å². The first kappa shape index (κ1) is 24.3. The summed E-state index contributed by atoms with van der Waals surface area (Å²) in [5.74, 6) is -0.882. The Bertz CT molecular complexity index is 1560. The molecule has 0 unspecified atom stereocenters. The predicted molar refractivity (Wildman–Crippen MR) is 132 cm³/mol. The molecule has 2 amide bonds. The van der Waals surface area contributed by atoms with Crippen LogP contribution < -0.4 is 9.70 Å². The van der Waals surface area contributed by atoms with Crippen molar-refractivity contribution in [3.05, 3.63) is 62.9 Å². The normalized spacial score (nSPS) is 13.9. The second kappa shape index (κ2) is 9.81. The molecule has 0 aliphatic carbocycles. The topological polar surface area (TPSA) is 132 Å². The number of terminal acetylenes is 1. The summed E-state index contributed by atoms with van der Waals surface area (Å²) >= 11 is 0.984. The SMILES string of the molecule is C#CCn1c(=NC(=O)CS(=O)(=O)CC(=O)N2CCCc3ccccc32)sc2cc([N+](=O)[O-])ccc21. The molecule has 1 aromatic heterocycles. The first-order valence-corrected chi connectivity index (χ1v) is 13.2. The molecule has 12 heteroatoms. The van der Waals surface area contributed by atoms with Gasteiger partial charge in [-0.3, -0.25) is 19.7 Å². The summed E-state index contributed by atoms with van der Waals surface area (Å²) in [4.78, 5) is 41.3. The van der Waals surface area contributed by atoms with E-state index in [-0.39, 0.29) is 17.0 Å². The number of aryl methyl sites for hydroxylation is 1. The van der Waals surface area contributed by atoms with Gasteiger partial charge in [0.2, 0.25) is 5.91 Å². The van der Waals surface area contributed by atoms with Gasteiger partial charge >= 0.3 is 0 Å². The fraction of sp³-hybridized carbons (Fsp3) is 0.261. The minimum absolute atomic E-state index is 0.0313. The predicted octanol–water partition coefficient (Wildman–Crippen LogP) is 2.07. The maximum Gasteiger partial charge on any atom is 0.270 e. The number of non-ortho nitro benzene ring substituents is 1. The number of nitro benzene ring substituents is 1. The van der Waals surface area contributed by atoms with Crippen molar-refractivity contribution in [1.29, 1.82) is 0 Å². The largest absolute Gasteiger partial charge is 0.311 e. The summed E-state index contributed by atoms with van der Waals surface area (Å²) < 4.78 is 27.3. The minimum Gasteiger partial charge on any atom is -0.311 e. The molecule has 1 aliphatic rings. The number of carbonyl (C=O) groups excluding carboxylic acids is 2. The molecule has 0 saturated heterocycles. The molecule has 0 spiro atoms. The zero-order valence-corrected chi connectivity index (χ0v) is 20.0. The van der Waals surface area contributed by atoms with Crippen LogP contribution in [0.4, 0.5) is 11.4 Å². The van der Waals surface area contributed by atoms with Crippen LogP contribution in [0.15, 0.2) is 47.5 Å². The molecule has 0 N–H and O–H groups in total. The second-order valence-electron chi connectivity index (χ2n) is 7.90. The Hall–Kier alpha value is -3.82. The Morgan fingerprint density at radius 1 is 1.20 bits per heavy atom. The maximum atomic E-state index is 12.8. The molecule has 180 valence electrons. The third-order valence-corrected chi connectivity index (χ3v) is 7.86. The van der Waals surface area contributed by atoms with Crippen LogP contribution in [-0.4, -0.2) is 47.8 Å². The van der Waals surface area contributed by atoms with E-state index in [0.717, 1.165) is 29.7 Å². The van der Waals surface area contributed by atoms with E-state index in [4.69, 9.17) is 6.42 Å². The van der Waals surface area contributed by atoms with Crippen molar-refractivity contribution in [3.8, 4) is 12.3 Å². The summed E-state index contributed by atoms with van der Waals surface area (Å²) in [7, 11) is -4.09. The molecule has 0 radical (unpaired) electrons. The van der Waals surface area contributed by atoms with E-state index in [2.05, 4.69) is 10.9 Å². The maximum absolute atomic E-state index is 12.8. The number of anilines is 1. The number of carbonyl (C=O) groups is 2. The first-order chi connectivity index (χ1) is 16.7. The zero-order valence-electron chi connectivity index (χ0n) is 18.4. The van der Waals surface area contributed by atoms with Crippen molar-refractivity contribution in [3.63, 3.8) is 0 Å². The highest BCUT2D eigenvalue weighted by atomic mass is 32.2. The zero-order chi connectivity index (χ0) is 25.2. The van der Waals surface area contributed by atoms with Gasteiger partial charge in [-0.2, -0.15) is 4.99 Å². The third-order valence-electron chi connectivity index (χ3n) is 5.44. The molecular weight excluding hydrogens is 492 g/mol. The molecular formula is C23H20N4O6S2. The number of nitrogens with zero attached hydrogens (tertiary/aromatic N) is 4. The molecule has 4 rings (SSSR count). The van der Waals surface area contributed by atoms with Crippen LogP contribution >= 0.6 is 11.3 Å². The molecule has 10 nitrogen and oxygen atoms in total. The van der Waals surface area contributed by atoms with Crippen LogP contribution in [0.2, 0.25) is 0 Å². The Labute approximate surface area is 204 Å². The highest BCUT2D eigenvalue weighted by molar-refractivity contribution is 7.92. The van der Waals surface area contributed by atoms with E-state index >= 15 is 0 Å². The number of nitro groups is 1. The fourth-order valence-electron chi connectivity index (χ4n) is 3.94. The van der Waals surface area contributed by atoms with E-state index < -0.39 is 38.1 Å². The molecule has 1 aliphatic heterocycles. The number of sulfone groups is 1. The van der Waals surface area contributed by atoms with Gasteiger partial charge in [-0.15, -0.1) is 6.42 Å². The van der Waals surface area contributed by atoms with Crippen LogP contribution in [0.3, 0.4) is 0 Å². The number of aromatic nitrogens is 1. The molecule has 3 aromatic rings. The lowest BCUT2D eigenvalue weighted by atomic mass is 10.0. The van der Waals surface area contributed by atoms with Crippen LogP contribution in [-0.2, 0) is 32.4 Å². The Morgan fingerprint density at radius 2 is 1.97 bits per heavy atom. The third kappa shape index (κ3) is 5.31. The van der Waals surface area contributed by atoms with Gasteiger partial charge in [0.15, 0.2) is 14.6 Å². The number of para-hydroxylation sites is 1. The molecule has 2 aromatic carbocycles. The van der Waals surface area contributed by atoms with Crippen molar-refractivity contribution in [1.82, 2.24) is 4.57 Å². The minimum atomic E-state index is -4.09. The summed E-state index contributed by atoms with van der Waals surface area (Å²) in [6, 6.07) is 11.5. The highest BCUT2D eigenvalue weighted by Gasteiger charge is 2.28. The lowest BCUT2D eigenvalue weighted by molar-refractivity contribution is -0.384.